The number of para-hydroxylation sites is 2. The molecule has 7 nitrogen and oxygen atoms in total. The summed E-state index contributed by atoms with van der Waals surface area (Å²) in [5, 5.41) is 0. The van der Waals surface area contributed by atoms with Gasteiger partial charge in [-0.1, -0.05) is 19.1 Å². The highest BCUT2D eigenvalue weighted by Crippen LogP contribution is 2.31. The van der Waals surface area contributed by atoms with E-state index in [0.717, 1.165) is 56.0 Å². The van der Waals surface area contributed by atoms with Crippen molar-refractivity contribution in [3.63, 3.8) is 0 Å². The Morgan fingerprint density at radius 1 is 0.944 bits per heavy atom. The maximum Gasteiger partial charge on any atom is 0.259 e. The van der Waals surface area contributed by atoms with Crippen LogP contribution in [0, 0.1) is 11.7 Å². The maximum atomic E-state index is 13.6. The van der Waals surface area contributed by atoms with Crippen molar-refractivity contribution in [3.8, 4) is 17.1 Å². The number of hydrogen-bond donors (Lipinski definition) is 0. The Kier molecular flexibility index (Phi) is 7.02. The monoisotopic (exact) mass is 489 g/mol. The molecule has 1 aromatic heterocycles. The molecule has 2 fully saturated rings. The summed E-state index contributed by atoms with van der Waals surface area (Å²) in [5.41, 5.74) is 2.31. The molecular formula is C28H32FN5O2. The van der Waals surface area contributed by atoms with Crippen LogP contribution in [0.1, 0.15) is 30.1 Å². The number of aromatic nitrogens is 2. The van der Waals surface area contributed by atoms with Gasteiger partial charge in [-0.2, -0.15) is 0 Å². The minimum absolute atomic E-state index is 0.0188. The highest BCUT2D eigenvalue weighted by Gasteiger charge is 2.29. The smallest absolute Gasteiger partial charge is 0.259 e. The molecule has 0 radical (unpaired) electrons. The lowest BCUT2D eigenvalue weighted by molar-refractivity contribution is 0.0697. The first-order valence-corrected chi connectivity index (χ1v) is 12.6. The summed E-state index contributed by atoms with van der Waals surface area (Å²) in [6.45, 7) is 6.68. The third kappa shape index (κ3) is 4.98. The standard InChI is InChI=1S/C28H32FN5O2/c1-20-11-13-34(14-12-20)28(35)23-19-30-26(21-7-9-22(29)10-8-21)31-27(23)33-17-15-32(16-18-33)24-5-3-4-6-25(24)36-2/h3-10,19-20H,11-18H2,1-2H3. The van der Waals surface area contributed by atoms with Gasteiger partial charge < -0.3 is 19.4 Å². The Hall–Kier alpha value is -3.68. The van der Waals surface area contributed by atoms with Crippen molar-refractivity contribution >= 4 is 17.4 Å². The number of anilines is 2. The molecule has 0 atom stereocenters. The van der Waals surface area contributed by atoms with Gasteiger partial charge in [0, 0.05) is 51.0 Å². The molecule has 0 bridgehead atoms. The fraction of sp³-hybridized carbons (Fsp3) is 0.393. The van der Waals surface area contributed by atoms with E-state index in [-0.39, 0.29) is 11.7 Å². The molecule has 2 aromatic carbocycles. The summed E-state index contributed by atoms with van der Waals surface area (Å²) in [5.74, 6) is 2.29. The number of rotatable bonds is 5. The van der Waals surface area contributed by atoms with Crippen molar-refractivity contribution in [2.45, 2.75) is 19.8 Å². The van der Waals surface area contributed by atoms with Crippen LogP contribution in [0.25, 0.3) is 11.4 Å². The van der Waals surface area contributed by atoms with Crippen LogP contribution in [0.5, 0.6) is 5.75 Å². The molecule has 2 aliphatic heterocycles. The van der Waals surface area contributed by atoms with E-state index >= 15 is 0 Å². The molecule has 2 aliphatic rings. The molecule has 3 heterocycles. The number of nitrogens with zero attached hydrogens (tertiary/aromatic N) is 5. The molecule has 1 amide bonds. The van der Waals surface area contributed by atoms with Crippen molar-refractivity contribution in [1.29, 1.82) is 0 Å². The van der Waals surface area contributed by atoms with Gasteiger partial charge in [-0.3, -0.25) is 4.79 Å². The van der Waals surface area contributed by atoms with Gasteiger partial charge in [0.15, 0.2) is 5.82 Å². The van der Waals surface area contributed by atoms with Crippen molar-refractivity contribution < 1.29 is 13.9 Å². The first-order chi connectivity index (χ1) is 17.5. The Bertz CT molecular complexity index is 1200. The normalized spacial score (nSPS) is 16.8. The van der Waals surface area contributed by atoms with E-state index in [0.29, 0.717) is 36.2 Å². The number of halogens is 1. The van der Waals surface area contributed by atoms with Gasteiger partial charge >= 0.3 is 0 Å². The fourth-order valence-electron chi connectivity index (χ4n) is 4.93. The molecule has 0 aliphatic carbocycles. The maximum absolute atomic E-state index is 13.6. The molecule has 8 heteroatoms. The van der Waals surface area contributed by atoms with Gasteiger partial charge in [0.05, 0.1) is 12.8 Å². The van der Waals surface area contributed by atoms with E-state index in [1.165, 1.54) is 12.1 Å². The van der Waals surface area contributed by atoms with Crippen LogP contribution in [0.2, 0.25) is 0 Å². The van der Waals surface area contributed by atoms with Gasteiger partial charge in [0.1, 0.15) is 22.9 Å². The van der Waals surface area contributed by atoms with Gasteiger partial charge in [-0.25, -0.2) is 14.4 Å². The number of benzene rings is 2. The molecule has 0 spiro atoms. The van der Waals surface area contributed by atoms with E-state index in [1.54, 1.807) is 25.4 Å². The lowest BCUT2D eigenvalue weighted by atomic mass is 9.99. The first-order valence-electron chi connectivity index (χ1n) is 12.6. The topological polar surface area (TPSA) is 61.8 Å². The number of methoxy groups -OCH3 is 1. The zero-order valence-electron chi connectivity index (χ0n) is 20.9. The predicted molar refractivity (Wildman–Crippen MR) is 139 cm³/mol. The number of carbonyl (C=O) groups excluding carboxylic acids is 1. The van der Waals surface area contributed by atoms with Crippen molar-refractivity contribution in [2.24, 2.45) is 5.92 Å². The van der Waals surface area contributed by atoms with Crippen molar-refractivity contribution in [3.05, 3.63) is 66.1 Å². The second kappa shape index (κ2) is 10.5. The van der Waals surface area contributed by atoms with Gasteiger partial charge in [-0.15, -0.1) is 0 Å². The molecule has 0 N–H and O–H groups in total. The molecule has 188 valence electrons. The summed E-state index contributed by atoms with van der Waals surface area (Å²) in [4.78, 5) is 29.3. The van der Waals surface area contributed by atoms with Crippen molar-refractivity contribution in [1.82, 2.24) is 14.9 Å². The quantitative estimate of drug-likeness (QED) is 0.526. The van der Waals surface area contributed by atoms with Crippen molar-refractivity contribution in [2.75, 3.05) is 56.2 Å². The molecule has 2 saturated heterocycles. The average molecular weight is 490 g/mol. The third-order valence-electron chi connectivity index (χ3n) is 7.18. The lowest BCUT2D eigenvalue weighted by Crippen LogP contribution is -2.48. The molecule has 0 unspecified atom stereocenters. The summed E-state index contributed by atoms with van der Waals surface area (Å²) in [7, 11) is 1.69. The van der Waals surface area contributed by atoms with Crippen LogP contribution >= 0.6 is 0 Å². The van der Waals surface area contributed by atoms with E-state index < -0.39 is 0 Å². The van der Waals surface area contributed by atoms with Crippen LogP contribution < -0.4 is 14.5 Å². The first kappa shape index (κ1) is 24.0. The van der Waals surface area contributed by atoms with Gasteiger partial charge in [0.2, 0.25) is 0 Å². The summed E-state index contributed by atoms with van der Waals surface area (Å²) in [6.07, 6.45) is 3.66. The second-order valence-corrected chi connectivity index (χ2v) is 9.56. The van der Waals surface area contributed by atoms with E-state index in [9.17, 15) is 9.18 Å². The minimum atomic E-state index is -0.308. The Morgan fingerprint density at radius 2 is 1.61 bits per heavy atom. The molecule has 0 saturated carbocycles. The second-order valence-electron chi connectivity index (χ2n) is 9.56. The fourth-order valence-corrected chi connectivity index (χ4v) is 4.93. The van der Waals surface area contributed by atoms with E-state index in [2.05, 4.69) is 27.8 Å². The molecule has 3 aromatic rings. The number of ether oxygens (including phenoxy) is 1. The van der Waals surface area contributed by atoms with Crippen LogP contribution in [0.15, 0.2) is 54.7 Å². The summed E-state index contributed by atoms with van der Waals surface area (Å²) in [6, 6.07) is 14.2. The van der Waals surface area contributed by atoms with E-state index in [1.807, 2.05) is 23.1 Å². The Labute approximate surface area is 211 Å². The van der Waals surface area contributed by atoms with Crippen LogP contribution in [-0.2, 0) is 0 Å². The number of hydrogen-bond acceptors (Lipinski definition) is 6. The van der Waals surface area contributed by atoms with Crippen LogP contribution in [0.4, 0.5) is 15.9 Å². The predicted octanol–water partition coefficient (Wildman–Crippen LogP) is 4.49. The van der Waals surface area contributed by atoms with Gasteiger partial charge in [-0.05, 0) is 55.2 Å². The molecule has 36 heavy (non-hydrogen) atoms. The number of piperidine rings is 1. The number of amides is 1. The number of piperazine rings is 1. The zero-order valence-corrected chi connectivity index (χ0v) is 20.9. The largest absolute Gasteiger partial charge is 0.495 e. The Balaban J connectivity index is 1.43. The summed E-state index contributed by atoms with van der Waals surface area (Å²) >= 11 is 0. The summed E-state index contributed by atoms with van der Waals surface area (Å²) < 4.78 is 19.0. The third-order valence-corrected chi connectivity index (χ3v) is 7.18. The van der Waals surface area contributed by atoms with E-state index in [4.69, 9.17) is 9.72 Å². The molecule has 5 rings (SSSR count). The highest BCUT2D eigenvalue weighted by molar-refractivity contribution is 5.99. The minimum Gasteiger partial charge on any atom is -0.495 e. The SMILES string of the molecule is COc1ccccc1N1CCN(c2nc(-c3ccc(F)cc3)ncc2C(=O)N2CCC(C)CC2)CC1. The van der Waals surface area contributed by atoms with Crippen LogP contribution in [-0.4, -0.2) is 67.2 Å². The van der Waals surface area contributed by atoms with Crippen LogP contribution in [0.3, 0.4) is 0 Å². The average Bonchev–Trinajstić information content (AvgIpc) is 2.93. The van der Waals surface area contributed by atoms with Gasteiger partial charge in [0.25, 0.3) is 5.91 Å². The number of likely N-dealkylation sites (tertiary alicyclic amines) is 1. The highest BCUT2D eigenvalue weighted by atomic mass is 19.1. The number of carbonyl (C=O) groups is 1. The zero-order chi connectivity index (χ0) is 25.1. The Morgan fingerprint density at radius 3 is 2.31 bits per heavy atom. The lowest BCUT2D eigenvalue weighted by Gasteiger charge is -2.38. The molecular weight excluding hydrogens is 457 g/mol.